The van der Waals surface area contributed by atoms with E-state index in [1.165, 1.54) is 0 Å². The van der Waals surface area contributed by atoms with Crippen molar-refractivity contribution in [2.45, 2.75) is 12.1 Å². The Labute approximate surface area is 249 Å². The van der Waals surface area contributed by atoms with Gasteiger partial charge in [-0.15, -0.1) is 0 Å². The number of aliphatic imine (C=N–C) groups is 3. The summed E-state index contributed by atoms with van der Waals surface area (Å²) in [6.45, 7) is 0.994. The van der Waals surface area contributed by atoms with Gasteiger partial charge in [0.05, 0.1) is 5.69 Å². The molecular weight excluding hydrogens is 534 g/mol. The first kappa shape index (κ1) is 26.3. The molecule has 2 aliphatic heterocycles. The van der Waals surface area contributed by atoms with Crippen LogP contribution in [-0.4, -0.2) is 31.1 Å². The lowest BCUT2D eigenvalue weighted by molar-refractivity contribution is 0.319. The van der Waals surface area contributed by atoms with Crippen LogP contribution in [0.15, 0.2) is 142 Å². The minimum absolute atomic E-state index is 0.0397. The zero-order valence-corrected chi connectivity index (χ0v) is 23.3. The molecule has 0 N–H and O–H groups in total. The van der Waals surface area contributed by atoms with Crippen LogP contribution in [-0.2, 0) is 14.3 Å². The number of hydrogen-bond donors (Lipinski definition) is 0. The smallest absolute Gasteiger partial charge is 0.240 e. The van der Waals surface area contributed by atoms with E-state index in [0.29, 0.717) is 30.7 Å². The molecular formula is C37H27N3O3. The van der Waals surface area contributed by atoms with Crippen molar-refractivity contribution in [3.05, 3.63) is 150 Å². The van der Waals surface area contributed by atoms with Crippen molar-refractivity contribution in [1.29, 1.82) is 0 Å². The van der Waals surface area contributed by atoms with Gasteiger partial charge in [0.2, 0.25) is 17.9 Å². The largest absolute Gasteiger partial charge is 0.475 e. The first-order chi connectivity index (χ1) is 21.3. The Bertz CT molecular complexity index is 1770. The van der Waals surface area contributed by atoms with Gasteiger partial charge < -0.3 is 9.47 Å². The van der Waals surface area contributed by atoms with Crippen molar-refractivity contribution < 1.29 is 14.3 Å². The highest BCUT2D eigenvalue weighted by Crippen LogP contribution is 2.40. The fourth-order valence-corrected chi connectivity index (χ4v) is 5.57. The second-order valence-corrected chi connectivity index (χ2v) is 10.4. The van der Waals surface area contributed by atoms with Crippen molar-refractivity contribution in [2.75, 3.05) is 13.2 Å². The van der Waals surface area contributed by atoms with Crippen LogP contribution in [0, 0.1) is 0 Å². The fraction of sp³-hybridized carbons (Fsp3) is 0.108. The zero-order chi connectivity index (χ0) is 29.0. The van der Waals surface area contributed by atoms with E-state index in [0.717, 1.165) is 44.5 Å². The van der Waals surface area contributed by atoms with E-state index in [1.807, 2.05) is 103 Å². The predicted octanol–water partition coefficient (Wildman–Crippen LogP) is 8.02. The van der Waals surface area contributed by atoms with Crippen LogP contribution >= 0.6 is 0 Å². The predicted molar refractivity (Wildman–Crippen MR) is 168 cm³/mol. The van der Waals surface area contributed by atoms with E-state index in [1.54, 1.807) is 6.08 Å². The Morgan fingerprint density at radius 1 is 0.558 bits per heavy atom. The average Bonchev–Trinajstić information content (AvgIpc) is 3.78. The van der Waals surface area contributed by atoms with E-state index >= 15 is 0 Å². The summed E-state index contributed by atoms with van der Waals surface area (Å²) in [5.74, 6) is 1.21. The third-order valence-electron chi connectivity index (χ3n) is 7.71. The van der Waals surface area contributed by atoms with Gasteiger partial charge in [0.1, 0.15) is 25.3 Å². The number of benzene rings is 5. The summed E-state index contributed by atoms with van der Waals surface area (Å²) >= 11 is 0. The molecule has 0 amide bonds. The maximum absolute atomic E-state index is 11.7. The van der Waals surface area contributed by atoms with Gasteiger partial charge in [-0.2, -0.15) is 4.99 Å². The number of para-hydroxylation sites is 1. The molecule has 0 bridgehead atoms. The van der Waals surface area contributed by atoms with Gasteiger partial charge in [0.25, 0.3) is 0 Å². The highest BCUT2D eigenvalue weighted by Gasteiger charge is 2.24. The van der Waals surface area contributed by atoms with Gasteiger partial charge in [-0.25, -0.2) is 14.8 Å². The van der Waals surface area contributed by atoms with Gasteiger partial charge in [-0.05, 0) is 46.5 Å². The number of nitrogens with zero attached hydrogens (tertiary/aromatic N) is 3. The molecule has 43 heavy (non-hydrogen) atoms. The highest BCUT2D eigenvalue weighted by atomic mass is 16.5. The summed E-state index contributed by atoms with van der Waals surface area (Å²) in [7, 11) is 0. The molecule has 2 heterocycles. The standard InChI is InChI=1S/C37H27N3O3/c41-24-38-35-31(27-14-7-16-29(20-27)36-39-33(22-42-36)25-10-3-1-4-11-25)18-9-19-32(35)28-15-8-17-30(21-28)37-40-34(23-43-37)26-12-5-2-6-13-26/h1-21,33-34H,22-23H2/t33-,34-/m0/s1. The van der Waals surface area contributed by atoms with Gasteiger partial charge in [0.15, 0.2) is 0 Å². The van der Waals surface area contributed by atoms with Crippen molar-refractivity contribution in [2.24, 2.45) is 15.0 Å². The molecule has 6 nitrogen and oxygen atoms in total. The van der Waals surface area contributed by atoms with E-state index in [4.69, 9.17) is 19.5 Å². The average molecular weight is 562 g/mol. The number of carbonyl (C=O) groups excluding carboxylic acids is 1. The van der Waals surface area contributed by atoms with Crippen LogP contribution < -0.4 is 0 Å². The van der Waals surface area contributed by atoms with Crippen molar-refractivity contribution in [1.82, 2.24) is 0 Å². The van der Waals surface area contributed by atoms with Crippen molar-refractivity contribution in [3.8, 4) is 22.3 Å². The Morgan fingerprint density at radius 2 is 1.00 bits per heavy atom. The van der Waals surface area contributed by atoms with E-state index in [9.17, 15) is 4.79 Å². The summed E-state index contributed by atoms with van der Waals surface area (Å²) in [6, 6.07) is 42.0. The van der Waals surface area contributed by atoms with E-state index < -0.39 is 0 Å². The zero-order valence-electron chi connectivity index (χ0n) is 23.3. The third kappa shape index (κ3) is 5.40. The quantitative estimate of drug-likeness (QED) is 0.149. The summed E-state index contributed by atoms with van der Waals surface area (Å²) in [4.78, 5) is 25.5. The Hall–Kier alpha value is -5.58. The molecule has 2 atom stereocenters. The van der Waals surface area contributed by atoms with Crippen LogP contribution in [0.25, 0.3) is 22.3 Å². The second-order valence-electron chi connectivity index (χ2n) is 10.4. The van der Waals surface area contributed by atoms with Gasteiger partial charge in [0, 0.05) is 22.3 Å². The molecule has 6 heteroatoms. The molecule has 0 saturated carbocycles. The molecule has 0 saturated heterocycles. The lowest BCUT2D eigenvalue weighted by Crippen LogP contribution is -2.02. The number of rotatable bonds is 7. The summed E-state index contributed by atoms with van der Waals surface area (Å²) < 4.78 is 12.0. The van der Waals surface area contributed by atoms with Crippen LogP contribution in [0.2, 0.25) is 0 Å². The minimum atomic E-state index is -0.0397. The fourth-order valence-electron chi connectivity index (χ4n) is 5.57. The summed E-state index contributed by atoms with van der Waals surface area (Å²) in [5, 5.41) is 0. The molecule has 208 valence electrons. The molecule has 0 spiro atoms. The van der Waals surface area contributed by atoms with Crippen LogP contribution in [0.3, 0.4) is 0 Å². The molecule has 0 radical (unpaired) electrons. The number of ether oxygens (including phenoxy) is 2. The Morgan fingerprint density at radius 3 is 1.47 bits per heavy atom. The number of hydrogen-bond acceptors (Lipinski definition) is 6. The Balaban J connectivity index is 1.22. The summed E-state index contributed by atoms with van der Waals surface area (Å²) in [6.07, 6.45) is 1.77. The van der Waals surface area contributed by atoms with E-state index in [2.05, 4.69) is 29.3 Å². The lowest BCUT2D eigenvalue weighted by atomic mass is 9.94. The molecule has 0 aromatic heterocycles. The van der Waals surface area contributed by atoms with E-state index in [-0.39, 0.29) is 12.1 Å². The maximum Gasteiger partial charge on any atom is 0.240 e. The third-order valence-corrected chi connectivity index (χ3v) is 7.71. The van der Waals surface area contributed by atoms with Gasteiger partial charge in [-0.3, -0.25) is 0 Å². The Kier molecular flexibility index (Phi) is 7.18. The highest BCUT2D eigenvalue weighted by molar-refractivity contribution is 5.99. The van der Waals surface area contributed by atoms with Crippen LogP contribution in [0.5, 0.6) is 0 Å². The van der Waals surface area contributed by atoms with Gasteiger partial charge in [-0.1, -0.05) is 103 Å². The second kappa shape index (κ2) is 11.7. The van der Waals surface area contributed by atoms with Crippen molar-refractivity contribution in [3.63, 3.8) is 0 Å². The first-order valence-corrected chi connectivity index (χ1v) is 14.2. The molecule has 0 aliphatic carbocycles. The molecule has 7 rings (SSSR count). The van der Waals surface area contributed by atoms with Gasteiger partial charge >= 0.3 is 0 Å². The molecule has 0 unspecified atom stereocenters. The molecule has 2 aliphatic rings. The SMILES string of the molecule is O=C=Nc1c(-c2cccc(C3=N[C@H](c4ccccc4)CO3)c2)cccc1-c1cccc(C2=N[C@H](c3ccccc3)CO2)c1. The molecule has 5 aromatic rings. The molecule has 5 aromatic carbocycles. The minimum Gasteiger partial charge on any atom is -0.475 e. The molecule has 0 fully saturated rings. The lowest BCUT2D eigenvalue weighted by Gasteiger charge is -2.13. The topological polar surface area (TPSA) is 72.6 Å². The van der Waals surface area contributed by atoms with Crippen molar-refractivity contribution >= 4 is 23.6 Å². The monoisotopic (exact) mass is 561 g/mol. The summed E-state index contributed by atoms with van der Waals surface area (Å²) in [5.41, 5.74) is 7.93. The van der Waals surface area contributed by atoms with Crippen LogP contribution in [0.1, 0.15) is 34.3 Å². The normalized spacial score (nSPS) is 17.3. The number of isocyanates is 1. The maximum atomic E-state index is 11.7. The van der Waals surface area contributed by atoms with Crippen LogP contribution in [0.4, 0.5) is 5.69 Å². The first-order valence-electron chi connectivity index (χ1n) is 14.2.